The Labute approximate surface area is 178 Å². The van der Waals surface area contributed by atoms with Crippen LogP contribution in [0.2, 0.25) is 0 Å². The van der Waals surface area contributed by atoms with Crippen LogP contribution in [0.5, 0.6) is 0 Å². The number of nitrogens with two attached hydrogens (primary N) is 1. The van der Waals surface area contributed by atoms with Crippen molar-refractivity contribution < 1.29 is 22.4 Å². The molecule has 0 fully saturated rings. The molecule has 0 bridgehead atoms. The highest BCUT2D eigenvalue weighted by Crippen LogP contribution is 2.21. The third-order valence-corrected chi connectivity index (χ3v) is 5.81. The van der Waals surface area contributed by atoms with Crippen LogP contribution in [0.4, 0.5) is 10.2 Å². The third-order valence-electron chi connectivity index (χ3n) is 4.34. The SMILES string of the molecule is CC(=O)NS(=O)(=O)c1ccc(CC(=O)c2nc(-c3ccc(C)cc3)cnc2N)cc1F. The molecule has 0 unspecified atom stereocenters. The van der Waals surface area contributed by atoms with E-state index in [1.165, 1.54) is 12.3 Å². The average Bonchev–Trinajstić information content (AvgIpc) is 2.68. The van der Waals surface area contributed by atoms with Gasteiger partial charge in [0.25, 0.3) is 10.0 Å². The number of aryl methyl sites for hydroxylation is 1. The Morgan fingerprint density at radius 1 is 1.13 bits per heavy atom. The van der Waals surface area contributed by atoms with Crippen molar-refractivity contribution in [1.82, 2.24) is 14.7 Å². The van der Waals surface area contributed by atoms with E-state index in [1.807, 2.05) is 31.2 Å². The van der Waals surface area contributed by atoms with E-state index < -0.39 is 32.4 Å². The third kappa shape index (κ3) is 5.10. The molecule has 3 aromatic rings. The molecule has 0 atom stereocenters. The minimum Gasteiger partial charge on any atom is -0.382 e. The van der Waals surface area contributed by atoms with Gasteiger partial charge in [0.05, 0.1) is 11.9 Å². The van der Waals surface area contributed by atoms with Gasteiger partial charge in [-0.15, -0.1) is 0 Å². The number of hydrogen-bond donors (Lipinski definition) is 2. The zero-order valence-corrected chi connectivity index (χ0v) is 17.5. The summed E-state index contributed by atoms with van der Waals surface area (Å²) in [6.07, 6.45) is 1.19. The fourth-order valence-electron chi connectivity index (χ4n) is 2.85. The van der Waals surface area contributed by atoms with Crippen LogP contribution in [-0.2, 0) is 21.2 Å². The molecule has 160 valence electrons. The average molecular weight is 442 g/mol. The van der Waals surface area contributed by atoms with Crippen molar-refractivity contribution in [3.8, 4) is 11.3 Å². The Balaban J connectivity index is 1.86. The van der Waals surface area contributed by atoms with Crippen LogP contribution in [0, 0.1) is 12.7 Å². The van der Waals surface area contributed by atoms with Gasteiger partial charge in [-0.2, -0.15) is 0 Å². The van der Waals surface area contributed by atoms with E-state index in [2.05, 4.69) is 9.97 Å². The smallest absolute Gasteiger partial charge is 0.266 e. The number of nitrogens with zero attached hydrogens (tertiary/aromatic N) is 2. The predicted octanol–water partition coefficient (Wildman–Crippen LogP) is 2.42. The van der Waals surface area contributed by atoms with E-state index in [0.717, 1.165) is 30.2 Å². The van der Waals surface area contributed by atoms with Crippen molar-refractivity contribution >= 4 is 27.5 Å². The molecule has 0 saturated carbocycles. The summed E-state index contributed by atoms with van der Waals surface area (Å²) in [6, 6.07) is 10.7. The van der Waals surface area contributed by atoms with Crippen LogP contribution in [0.15, 0.2) is 53.6 Å². The van der Waals surface area contributed by atoms with Gasteiger partial charge in [0.1, 0.15) is 16.4 Å². The van der Waals surface area contributed by atoms with Crippen LogP contribution < -0.4 is 10.5 Å². The van der Waals surface area contributed by atoms with E-state index in [9.17, 15) is 22.4 Å². The summed E-state index contributed by atoms with van der Waals surface area (Å²) in [4.78, 5) is 31.4. The molecule has 31 heavy (non-hydrogen) atoms. The first-order valence-corrected chi connectivity index (χ1v) is 10.6. The van der Waals surface area contributed by atoms with Gasteiger partial charge in [-0.1, -0.05) is 35.9 Å². The van der Waals surface area contributed by atoms with Gasteiger partial charge in [0.15, 0.2) is 11.6 Å². The Morgan fingerprint density at radius 2 is 1.81 bits per heavy atom. The summed E-state index contributed by atoms with van der Waals surface area (Å²) in [6.45, 7) is 2.94. The lowest BCUT2D eigenvalue weighted by Gasteiger charge is -2.09. The fourth-order valence-corrected chi connectivity index (χ4v) is 3.90. The van der Waals surface area contributed by atoms with Gasteiger partial charge in [0.2, 0.25) is 5.91 Å². The number of ketones is 1. The largest absolute Gasteiger partial charge is 0.382 e. The summed E-state index contributed by atoms with van der Waals surface area (Å²) in [5.41, 5.74) is 8.25. The molecular formula is C21H19FN4O4S. The van der Waals surface area contributed by atoms with Crippen molar-refractivity contribution in [1.29, 1.82) is 0 Å². The van der Waals surface area contributed by atoms with Gasteiger partial charge in [0, 0.05) is 18.9 Å². The second kappa shape index (κ2) is 8.60. The van der Waals surface area contributed by atoms with E-state index >= 15 is 0 Å². The van der Waals surface area contributed by atoms with Gasteiger partial charge in [-0.05, 0) is 24.6 Å². The minimum absolute atomic E-state index is 0.0616. The highest BCUT2D eigenvalue weighted by Gasteiger charge is 2.22. The van der Waals surface area contributed by atoms with E-state index in [0.29, 0.717) is 5.69 Å². The molecule has 3 rings (SSSR count). The molecule has 0 radical (unpaired) electrons. The molecule has 2 aromatic carbocycles. The lowest BCUT2D eigenvalue weighted by molar-refractivity contribution is -0.117. The topological polar surface area (TPSA) is 132 Å². The summed E-state index contributed by atoms with van der Waals surface area (Å²) in [5, 5.41) is 0. The first kappa shape index (κ1) is 22.0. The fraction of sp³-hybridized carbons (Fsp3) is 0.143. The second-order valence-electron chi connectivity index (χ2n) is 6.88. The van der Waals surface area contributed by atoms with Crippen LogP contribution in [-0.4, -0.2) is 30.1 Å². The molecule has 1 heterocycles. The Bertz CT molecular complexity index is 1280. The molecule has 0 saturated heterocycles. The number of amides is 1. The van der Waals surface area contributed by atoms with E-state index in [1.54, 1.807) is 4.72 Å². The number of nitrogen functional groups attached to an aromatic ring is 1. The van der Waals surface area contributed by atoms with E-state index in [-0.39, 0.29) is 23.5 Å². The number of benzene rings is 2. The second-order valence-corrected chi connectivity index (χ2v) is 8.53. The van der Waals surface area contributed by atoms with Crippen LogP contribution in [0.3, 0.4) is 0 Å². The molecule has 3 N–H and O–H groups in total. The van der Waals surface area contributed by atoms with Gasteiger partial charge in [-0.3, -0.25) is 9.59 Å². The molecular weight excluding hydrogens is 423 g/mol. The Morgan fingerprint density at radius 3 is 2.42 bits per heavy atom. The number of aromatic nitrogens is 2. The Hall–Kier alpha value is -3.66. The first-order valence-electron chi connectivity index (χ1n) is 9.11. The normalized spacial score (nSPS) is 11.2. The zero-order valence-electron chi connectivity index (χ0n) is 16.7. The number of hydrogen-bond acceptors (Lipinski definition) is 7. The summed E-state index contributed by atoms with van der Waals surface area (Å²) in [5.74, 6) is -2.50. The lowest BCUT2D eigenvalue weighted by Crippen LogP contribution is -2.28. The van der Waals surface area contributed by atoms with Crippen molar-refractivity contribution in [2.45, 2.75) is 25.2 Å². The van der Waals surface area contributed by atoms with Gasteiger partial charge in [-0.25, -0.2) is 27.5 Å². The maximum Gasteiger partial charge on any atom is 0.266 e. The number of carbonyl (C=O) groups is 2. The number of sulfonamides is 1. The van der Waals surface area contributed by atoms with Crippen LogP contribution >= 0.6 is 0 Å². The van der Waals surface area contributed by atoms with Crippen molar-refractivity contribution in [2.24, 2.45) is 0 Å². The van der Waals surface area contributed by atoms with E-state index in [4.69, 9.17) is 5.73 Å². The highest BCUT2D eigenvalue weighted by molar-refractivity contribution is 7.90. The summed E-state index contributed by atoms with van der Waals surface area (Å²) < 4.78 is 40.0. The van der Waals surface area contributed by atoms with Crippen molar-refractivity contribution in [2.75, 3.05) is 5.73 Å². The predicted molar refractivity (Wildman–Crippen MR) is 112 cm³/mol. The zero-order chi connectivity index (χ0) is 22.8. The molecule has 1 aromatic heterocycles. The maximum atomic E-state index is 14.4. The molecule has 0 aliphatic carbocycles. The number of carbonyl (C=O) groups excluding carboxylic acids is 2. The van der Waals surface area contributed by atoms with Crippen molar-refractivity contribution in [3.63, 3.8) is 0 Å². The number of Topliss-reactive ketones (excluding diaryl/α,β-unsaturated/α-hetero) is 1. The van der Waals surface area contributed by atoms with Crippen molar-refractivity contribution in [3.05, 3.63) is 71.3 Å². The van der Waals surface area contributed by atoms with Crippen LogP contribution in [0.1, 0.15) is 28.5 Å². The summed E-state index contributed by atoms with van der Waals surface area (Å²) in [7, 11) is -4.34. The summed E-state index contributed by atoms with van der Waals surface area (Å²) >= 11 is 0. The molecule has 0 aliphatic heterocycles. The Kier molecular flexibility index (Phi) is 6.11. The maximum absolute atomic E-state index is 14.4. The molecule has 8 nitrogen and oxygen atoms in total. The quantitative estimate of drug-likeness (QED) is 0.560. The number of rotatable bonds is 6. The first-order chi connectivity index (χ1) is 14.6. The monoisotopic (exact) mass is 442 g/mol. The molecule has 1 amide bonds. The number of anilines is 1. The minimum atomic E-state index is -4.34. The lowest BCUT2D eigenvalue weighted by atomic mass is 10.1. The standard InChI is InChI=1S/C21H19FN4O4S/c1-12-3-6-15(7-4-12)17-11-24-21(23)20(25-17)18(28)10-14-5-8-19(16(22)9-14)31(29,30)26-13(2)27/h3-9,11H,10H2,1-2H3,(H2,23,24)(H,26,27). The van der Waals surface area contributed by atoms with Gasteiger partial charge >= 0.3 is 0 Å². The van der Waals surface area contributed by atoms with Crippen LogP contribution in [0.25, 0.3) is 11.3 Å². The number of halogens is 1. The molecule has 0 aliphatic rings. The molecule has 0 spiro atoms. The van der Waals surface area contributed by atoms with Gasteiger partial charge < -0.3 is 5.73 Å². The number of nitrogens with one attached hydrogen (secondary N) is 1. The highest BCUT2D eigenvalue weighted by atomic mass is 32.2. The molecule has 10 heteroatoms.